The summed E-state index contributed by atoms with van der Waals surface area (Å²) in [7, 11) is 0. The zero-order valence-corrected chi connectivity index (χ0v) is 8.08. The molecule has 0 aromatic carbocycles. The summed E-state index contributed by atoms with van der Waals surface area (Å²) in [6.07, 6.45) is -4.81. The van der Waals surface area contributed by atoms with Crippen LogP contribution in [0.25, 0.3) is 0 Å². The van der Waals surface area contributed by atoms with Gasteiger partial charge in [-0.15, -0.1) is 0 Å². The van der Waals surface area contributed by atoms with E-state index in [0.29, 0.717) is 0 Å². The molecule has 84 valence electrons. The molecular weight excluding hydrogens is 209 g/mol. The molecule has 1 atom stereocenters. The number of halogens is 3. The van der Waals surface area contributed by atoms with E-state index in [1.807, 2.05) is 0 Å². The molecule has 1 aromatic rings. The highest BCUT2D eigenvalue weighted by atomic mass is 19.4. The number of ether oxygens (including phenoxy) is 1. The van der Waals surface area contributed by atoms with Gasteiger partial charge in [0.25, 0.3) is 0 Å². The van der Waals surface area contributed by atoms with Crippen molar-refractivity contribution >= 4 is 0 Å². The highest BCUT2D eigenvalue weighted by Crippen LogP contribution is 2.28. The number of alkyl halides is 3. The van der Waals surface area contributed by atoms with Crippen molar-refractivity contribution in [2.24, 2.45) is 5.73 Å². The lowest BCUT2D eigenvalue weighted by molar-refractivity contribution is -0.141. The van der Waals surface area contributed by atoms with Crippen LogP contribution in [0, 0.1) is 0 Å². The lowest BCUT2D eigenvalue weighted by Crippen LogP contribution is -2.23. The van der Waals surface area contributed by atoms with Crippen molar-refractivity contribution in [1.29, 1.82) is 0 Å². The van der Waals surface area contributed by atoms with Crippen LogP contribution in [-0.4, -0.2) is 17.6 Å². The van der Waals surface area contributed by atoms with Crippen molar-refractivity contribution in [3.8, 4) is 5.88 Å². The molecule has 0 fully saturated rings. The molecule has 15 heavy (non-hydrogen) atoms. The van der Waals surface area contributed by atoms with Crippen molar-refractivity contribution in [2.75, 3.05) is 6.54 Å². The second-order valence-electron chi connectivity index (χ2n) is 3.02. The van der Waals surface area contributed by atoms with Crippen LogP contribution in [0.1, 0.15) is 12.6 Å². The third-order valence-electron chi connectivity index (χ3n) is 1.67. The molecule has 0 aliphatic carbocycles. The molecule has 0 bridgehead atoms. The minimum atomic E-state index is -4.45. The smallest absolute Gasteiger partial charge is 0.433 e. The van der Waals surface area contributed by atoms with Crippen molar-refractivity contribution < 1.29 is 17.9 Å². The Bertz CT molecular complexity index is 327. The van der Waals surface area contributed by atoms with E-state index in [-0.39, 0.29) is 18.5 Å². The van der Waals surface area contributed by atoms with Crippen LogP contribution >= 0.6 is 0 Å². The number of nitrogens with two attached hydrogens (primary N) is 1. The van der Waals surface area contributed by atoms with Crippen LogP contribution in [0.5, 0.6) is 5.88 Å². The largest absolute Gasteiger partial charge is 0.473 e. The maximum Gasteiger partial charge on any atom is 0.433 e. The van der Waals surface area contributed by atoms with Gasteiger partial charge in [-0.2, -0.15) is 13.2 Å². The first-order chi connectivity index (χ1) is 6.93. The van der Waals surface area contributed by atoms with Gasteiger partial charge in [-0.05, 0) is 13.0 Å². The molecule has 0 saturated heterocycles. The Hall–Kier alpha value is -1.30. The lowest BCUT2D eigenvalue weighted by atomic mass is 10.3. The fourth-order valence-corrected chi connectivity index (χ4v) is 0.893. The van der Waals surface area contributed by atoms with Gasteiger partial charge in [0.15, 0.2) is 0 Å². The van der Waals surface area contributed by atoms with E-state index in [0.717, 1.165) is 6.07 Å². The number of hydrogen-bond donors (Lipinski definition) is 1. The summed E-state index contributed by atoms with van der Waals surface area (Å²) < 4.78 is 41.8. The van der Waals surface area contributed by atoms with E-state index in [1.54, 1.807) is 6.92 Å². The summed E-state index contributed by atoms with van der Waals surface area (Å²) in [5.41, 5.74) is 4.30. The molecule has 0 amide bonds. The topological polar surface area (TPSA) is 48.1 Å². The molecule has 2 N–H and O–H groups in total. The molecule has 0 saturated carbocycles. The van der Waals surface area contributed by atoms with Gasteiger partial charge in [0, 0.05) is 12.6 Å². The highest BCUT2D eigenvalue weighted by Gasteiger charge is 2.32. The van der Waals surface area contributed by atoms with Crippen LogP contribution < -0.4 is 10.5 Å². The maximum absolute atomic E-state index is 12.2. The number of pyridine rings is 1. The van der Waals surface area contributed by atoms with Crippen LogP contribution in [0.4, 0.5) is 13.2 Å². The fraction of sp³-hybridized carbons (Fsp3) is 0.444. The van der Waals surface area contributed by atoms with Crippen LogP contribution in [0.3, 0.4) is 0 Å². The summed E-state index contributed by atoms with van der Waals surface area (Å²) in [6, 6.07) is 3.50. The number of nitrogens with zero attached hydrogens (tertiary/aromatic N) is 1. The van der Waals surface area contributed by atoms with Gasteiger partial charge in [0.05, 0.1) is 0 Å². The molecule has 1 heterocycles. The zero-order valence-electron chi connectivity index (χ0n) is 8.08. The standard InChI is InChI=1S/C9H11F3N2O/c1-6(5-13)15-8-4-2-3-7(14-8)9(10,11)12/h2-4,6H,5,13H2,1H3/t6-/m0/s1. The Morgan fingerprint density at radius 2 is 2.13 bits per heavy atom. The number of aromatic nitrogens is 1. The fourth-order valence-electron chi connectivity index (χ4n) is 0.893. The Morgan fingerprint density at radius 3 is 2.67 bits per heavy atom. The van der Waals surface area contributed by atoms with Crippen molar-refractivity contribution in [2.45, 2.75) is 19.2 Å². The molecule has 0 spiro atoms. The quantitative estimate of drug-likeness (QED) is 0.845. The predicted molar refractivity (Wildman–Crippen MR) is 48.4 cm³/mol. The van der Waals surface area contributed by atoms with E-state index in [9.17, 15) is 13.2 Å². The van der Waals surface area contributed by atoms with Crippen LogP contribution in [-0.2, 0) is 6.18 Å². The van der Waals surface area contributed by atoms with Crippen LogP contribution in [0.15, 0.2) is 18.2 Å². The third-order valence-corrected chi connectivity index (χ3v) is 1.67. The number of hydrogen-bond acceptors (Lipinski definition) is 3. The number of rotatable bonds is 3. The first-order valence-corrected chi connectivity index (χ1v) is 4.34. The SMILES string of the molecule is C[C@@H](CN)Oc1cccc(C(F)(F)F)n1. The minimum Gasteiger partial charge on any atom is -0.473 e. The summed E-state index contributed by atoms with van der Waals surface area (Å²) in [4.78, 5) is 3.33. The maximum atomic E-state index is 12.2. The molecular formula is C9H11F3N2O. The molecule has 0 aliphatic rings. The summed E-state index contributed by atoms with van der Waals surface area (Å²) in [6.45, 7) is 1.87. The second-order valence-corrected chi connectivity index (χ2v) is 3.02. The van der Waals surface area contributed by atoms with Gasteiger partial charge in [-0.1, -0.05) is 6.07 Å². The van der Waals surface area contributed by atoms with E-state index >= 15 is 0 Å². The summed E-state index contributed by atoms with van der Waals surface area (Å²) in [5.74, 6) is -0.0669. The first kappa shape index (κ1) is 11.8. The third kappa shape index (κ3) is 3.39. The highest BCUT2D eigenvalue weighted by molar-refractivity contribution is 5.17. The minimum absolute atomic E-state index is 0.0669. The van der Waals surface area contributed by atoms with Crippen molar-refractivity contribution in [1.82, 2.24) is 4.98 Å². The monoisotopic (exact) mass is 220 g/mol. The molecule has 0 unspecified atom stereocenters. The Balaban J connectivity index is 2.84. The predicted octanol–water partition coefficient (Wildman–Crippen LogP) is 1.83. The normalized spacial score (nSPS) is 13.7. The van der Waals surface area contributed by atoms with E-state index in [1.165, 1.54) is 12.1 Å². The average Bonchev–Trinajstić information content (AvgIpc) is 2.17. The van der Waals surface area contributed by atoms with Crippen LogP contribution in [0.2, 0.25) is 0 Å². The van der Waals surface area contributed by atoms with Gasteiger partial charge in [-0.3, -0.25) is 0 Å². The van der Waals surface area contributed by atoms with Gasteiger partial charge in [0.2, 0.25) is 5.88 Å². The lowest BCUT2D eigenvalue weighted by Gasteiger charge is -2.12. The van der Waals surface area contributed by atoms with Gasteiger partial charge in [0.1, 0.15) is 11.8 Å². The first-order valence-electron chi connectivity index (χ1n) is 4.34. The van der Waals surface area contributed by atoms with Crippen molar-refractivity contribution in [3.63, 3.8) is 0 Å². The molecule has 0 aliphatic heterocycles. The summed E-state index contributed by atoms with van der Waals surface area (Å²) in [5, 5.41) is 0. The molecule has 3 nitrogen and oxygen atoms in total. The Kier molecular flexibility index (Phi) is 3.52. The summed E-state index contributed by atoms with van der Waals surface area (Å²) >= 11 is 0. The van der Waals surface area contributed by atoms with Crippen molar-refractivity contribution in [3.05, 3.63) is 23.9 Å². The second kappa shape index (κ2) is 4.48. The zero-order chi connectivity index (χ0) is 11.5. The van der Waals surface area contributed by atoms with Gasteiger partial charge < -0.3 is 10.5 Å². The molecule has 6 heteroatoms. The van der Waals surface area contributed by atoms with E-state index in [4.69, 9.17) is 10.5 Å². The average molecular weight is 220 g/mol. The molecule has 0 radical (unpaired) electrons. The van der Waals surface area contributed by atoms with Gasteiger partial charge in [-0.25, -0.2) is 4.98 Å². The molecule has 1 aromatic heterocycles. The van der Waals surface area contributed by atoms with Gasteiger partial charge >= 0.3 is 6.18 Å². The Labute approximate surface area is 85.1 Å². The molecule has 1 rings (SSSR count). The van der Waals surface area contributed by atoms with E-state index in [2.05, 4.69) is 4.98 Å². The van der Waals surface area contributed by atoms with E-state index < -0.39 is 11.9 Å². The Morgan fingerprint density at radius 1 is 1.47 bits per heavy atom.